The number of aliphatic hydroxyl groups excluding tert-OH is 1. The van der Waals surface area contributed by atoms with Crippen molar-refractivity contribution in [2.24, 2.45) is 0 Å². The van der Waals surface area contributed by atoms with E-state index in [1.807, 2.05) is 11.5 Å². The van der Waals surface area contributed by atoms with Crippen LogP contribution in [0.4, 0.5) is 13.2 Å². The number of aliphatic hydroxyl groups is 1. The number of rotatable bonds is 6. The summed E-state index contributed by atoms with van der Waals surface area (Å²) in [5.41, 5.74) is 0.519. The van der Waals surface area contributed by atoms with Gasteiger partial charge in [0.05, 0.1) is 12.6 Å². The molecule has 0 radical (unpaired) electrons. The standard InChI is InChI=1S/C15H17F3N2O2/c1-2-3-14-19-8-9-20(14)10-13(21)11-4-6-12(7-5-11)22-15(16,17)18/h4-9,13,21H,2-3,10H2,1H3. The SMILES string of the molecule is CCCc1nccn1CC(O)c1ccc(OC(F)(F)F)cc1. The molecule has 1 heterocycles. The van der Waals surface area contributed by atoms with Gasteiger partial charge in [-0.15, -0.1) is 13.2 Å². The number of alkyl halides is 3. The summed E-state index contributed by atoms with van der Waals surface area (Å²) in [4.78, 5) is 4.21. The van der Waals surface area contributed by atoms with E-state index < -0.39 is 12.5 Å². The average Bonchev–Trinajstić information content (AvgIpc) is 2.85. The van der Waals surface area contributed by atoms with Gasteiger partial charge < -0.3 is 14.4 Å². The van der Waals surface area contributed by atoms with Gasteiger partial charge in [0, 0.05) is 18.8 Å². The summed E-state index contributed by atoms with van der Waals surface area (Å²) < 4.78 is 41.9. The van der Waals surface area contributed by atoms with Crippen molar-refractivity contribution in [3.8, 4) is 5.75 Å². The molecule has 0 saturated carbocycles. The molecule has 22 heavy (non-hydrogen) atoms. The van der Waals surface area contributed by atoms with Crippen LogP contribution in [0, 0.1) is 0 Å². The third-order valence-electron chi connectivity index (χ3n) is 3.14. The lowest BCUT2D eigenvalue weighted by atomic mass is 10.1. The molecule has 0 aliphatic heterocycles. The molecule has 120 valence electrons. The first-order chi connectivity index (χ1) is 10.4. The van der Waals surface area contributed by atoms with E-state index in [9.17, 15) is 18.3 Å². The number of aryl methyl sites for hydroxylation is 1. The molecule has 1 aromatic carbocycles. The molecule has 0 amide bonds. The Morgan fingerprint density at radius 2 is 1.95 bits per heavy atom. The van der Waals surface area contributed by atoms with Crippen LogP contribution >= 0.6 is 0 Å². The van der Waals surface area contributed by atoms with E-state index in [2.05, 4.69) is 9.72 Å². The molecule has 2 aromatic rings. The van der Waals surface area contributed by atoms with Gasteiger partial charge in [0.1, 0.15) is 11.6 Å². The summed E-state index contributed by atoms with van der Waals surface area (Å²) in [7, 11) is 0. The molecule has 0 fully saturated rings. The monoisotopic (exact) mass is 314 g/mol. The third-order valence-corrected chi connectivity index (χ3v) is 3.14. The van der Waals surface area contributed by atoms with Crippen LogP contribution < -0.4 is 4.74 Å². The minimum absolute atomic E-state index is 0.300. The predicted molar refractivity (Wildman–Crippen MR) is 74.3 cm³/mol. The second-order valence-electron chi connectivity index (χ2n) is 4.88. The van der Waals surface area contributed by atoms with Crippen molar-refractivity contribution in [1.82, 2.24) is 9.55 Å². The summed E-state index contributed by atoms with van der Waals surface area (Å²) in [6.07, 6.45) is -0.363. The molecule has 1 N–H and O–H groups in total. The summed E-state index contributed by atoms with van der Waals surface area (Å²) in [6.45, 7) is 2.34. The van der Waals surface area contributed by atoms with E-state index in [-0.39, 0.29) is 5.75 Å². The van der Waals surface area contributed by atoms with Crippen LogP contribution in [0.5, 0.6) is 5.75 Å². The molecule has 0 spiro atoms. The molecular weight excluding hydrogens is 297 g/mol. The molecule has 1 aromatic heterocycles. The van der Waals surface area contributed by atoms with Crippen LogP contribution in [0.15, 0.2) is 36.7 Å². The molecule has 1 unspecified atom stereocenters. The first-order valence-corrected chi connectivity index (χ1v) is 6.93. The van der Waals surface area contributed by atoms with Crippen molar-refractivity contribution in [2.45, 2.75) is 38.8 Å². The molecule has 2 rings (SSSR count). The fraction of sp³-hybridized carbons (Fsp3) is 0.400. The Bertz CT molecular complexity index is 594. The third kappa shape index (κ3) is 4.49. The van der Waals surface area contributed by atoms with Gasteiger partial charge >= 0.3 is 6.36 Å². The van der Waals surface area contributed by atoms with E-state index in [1.54, 1.807) is 12.4 Å². The molecule has 0 bridgehead atoms. The van der Waals surface area contributed by atoms with Crippen molar-refractivity contribution < 1.29 is 23.0 Å². The van der Waals surface area contributed by atoms with Crippen LogP contribution in [0.25, 0.3) is 0 Å². The maximum absolute atomic E-state index is 12.1. The molecular formula is C15H17F3N2O2. The molecule has 0 aliphatic carbocycles. The number of hydrogen-bond acceptors (Lipinski definition) is 3. The summed E-state index contributed by atoms with van der Waals surface area (Å²) in [5, 5.41) is 10.2. The number of imidazole rings is 1. The summed E-state index contributed by atoms with van der Waals surface area (Å²) in [6, 6.07) is 5.21. The van der Waals surface area contributed by atoms with E-state index in [0.29, 0.717) is 12.1 Å². The fourth-order valence-electron chi connectivity index (χ4n) is 2.14. The Kier molecular flexibility index (Phi) is 5.07. The number of nitrogens with zero attached hydrogens (tertiary/aromatic N) is 2. The second-order valence-corrected chi connectivity index (χ2v) is 4.88. The highest BCUT2D eigenvalue weighted by Crippen LogP contribution is 2.25. The lowest BCUT2D eigenvalue weighted by molar-refractivity contribution is -0.274. The van der Waals surface area contributed by atoms with E-state index >= 15 is 0 Å². The Hall–Kier alpha value is -2.02. The van der Waals surface area contributed by atoms with Crippen LogP contribution in [-0.4, -0.2) is 21.0 Å². The Morgan fingerprint density at radius 3 is 2.55 bits per heavy atom. The largest absolute Gasteiger partial charge is 0.573 e. The van der Waals surface area contributed by atoms with Crippen molar-refractivity contribution in [3.05, 3.63) is 48.0 Å². The minimum atomic E-state index is -4.72. The highest BCUT2D eigenvalue weighted by atomic mass is 19.4. The maximum Gasteiger partial charge on any atom is 0.573 e. The van der Waals surface area contributed by atoms with E-state index in [1.165, 1.54) is 24.3 Å². The highest BCUT2D eigenvalue weighted by Gasteiger charge is 2.31. The number of hydrogen-bond donors (Lipinski definition) is 1. The number of aromatic nitrogens is 2. The normalized spacial score (nSPS) is 13.1. The van der Waals surface area contributed by atoms with Crippen LogP contribution in [0.3, 0.4) is 0 Å². The average molecular weight is 314 g/mol. The molecule has 0 aliphatic rings. The summed E-state index contributed by atoms with van der Waals surface area (Å²) in [5.74, 6) is 0.566. The van der Waals surface area contributed by atoms with Gasteiger partial charge in [-0.05, 0) is 24.1 Å². The Balaban J connectivity index is 2.03. The van der Waals surface area contributed by atoms with Crippen molar-refractivity contribution in [2.75, 3.05) is 0 Å². The fourth-order valence-corrected chi connectivity index (χ4v) is 2.14. The van der Waals surface area contributed by atoms with Crippen LogP contribution in [0.2, 0.25) is 0 Å². The predicted octanol–water partition coefficient (Wildman–Crippen LogP) is 3.47. The van der Waals surface area contributed by atoms with Gasteiger partial charge in [-0.25, -0.2) is 4.98 Å². The van der Waals surface area contributed by atoms with E-state index in [4.69, 9.17) is 0 Å². The number of benzene rings is 1. The second kappa shape index (κ2) is 6.83. The quantitative estimate of drug-likeness (QED) is 0.888. The van der Waals surface area contributed by atoms with Crippen molar-refractivity contribution in [1.29, 1.82) is 0 Å². The zero-order chi connectivity index (χ0) is 16.2. The van der Waals surface area contributed by atoms with Gasteiger partial charge in [0.15, 0.2) is 0 Å². The Morgan fingerprint density at radius 1 is 1.27 bits per heavy atom. The van der Waals surface area contributed by atoms with Crippen molar-refractivity contribution >= 4 is 0 Å². The Labute approximate surface area is 126 Å². The first kappa shape index (κ1) is 16.4. The first-order valence-electron chi connectivity index (χ1n) is 6.93. The zero-order valence-electron chi connectivity index (χ0n) is 12.0. The molecule has 0 saturated heterocycles. The van der Waals surface area contributed by atoms with Gasteiger partial charge in [-0.1, -0.05) is 19.1 Å². The lowest BCUT2D eigenvalue weighted by Crippen LogP contribution is -2.17. The number of ether oxygens (including phenoxy) is 1. The van der Waals surface area contributed by atoms with Gasteiger partial charge in [-0.2, -0.15) is 0 Å². The van der Waals surface area contributed by atoms with Crippen LogP contribution in [0.1, 0.15) is 30.8 Å². The van der Waals surface area contributed by atoms with Gasteiger partial charge in [0.25, 0.3) is 0 Å². The molecule has 4 nitrogen and oxygen atoms in total. The highest BCUT2D eigenvalue weighted by molar-refractivity contribution is 5.28. The molecule has 7 heteroatoms. The summed E-state index contributed by atoms with van der Waals surface area (Å²) >= 11 is 0. The van der Waals surface area contributed by atoms with Crippen LogP contribution in [-0.2, 0) is 13.0 Å². The van der Waals surface area contributed by atoms with E-state index in [0.717, 1.165) is 18.7 Å². The zero-order valence-corrected chi connectivity index (χ0v) is 12.0. The maximum atomic E-state index is 12.1. The van der Waals surface area contributed by atoms with Gasteiger partial charge in [-0.3, -0.25) is 0 Å². The van der Waals surface area contributed by atoms with Crippen molar-refractivity contribution in [3.63, 3.8) is 0 Å². The molecule has 1 atom stereocenters. The van der Waals surface area contributed by atoms with Gasteiger partial charge in [0.2, 0.25) is 0 Å². The lowest BCUT2D eigenvalue weighted by Gasteiger charge is -2.15. The number of halogens is 3. The smallest absolute Gasteiger partial charge is 0.406 e. The topological polar surface area (TPSA) is 47.3 Å². The minimum Gasteiger partial charge on any atom is -0.406 e.